The molecule has 1 heterocycles. The molecule has 0 unspecified atom stereocenters. The highest BCUT2D eigenvalue weighted by atomic mass is 15.1. The quantitative estimate of drug-likeness (QED) is 0.663. The summed E-state index contributed by atoms with van der Waals surface area (Å²) in [5, 5.41) is 8.39. The van der Waals surface area contributed by atoms with Crippen LogP contribution in [0.1, 0.15) is 18.4 Å². The zero-order chi connectivity index (χ0) is 10.2. The van der Waals surface area contributed by atoms with E-state index in [0.717, 1.165) is 19.5 Å². The fraction of sp³-hybridized carbons (Fsp3) is 0.455. The van der Waals surface area contributed by atoms with Crippen molar-refractivity contribution >= 4 is 0 Å². The Hall–Kier alpha value is -1.40. The normalized spacial score (nSPS) is 10.1. The van der Waals surface area contributed by atoms with Crippen molar-refractivity contribution in [1.82, 2.24) is 9.88 Å². The van der Waals surface area contributed by atoms with Gasteiger partial charge < -0.3 is 4.90 Å². The molecule has 1 rings (SSSR count). The van der Waals surface area contributed by atoms with Crippen LogP contribution < -0.4 is 0 Å². The van der Waals surface area contributed by atoms with Crippen molar-refractivity contribution in [3.05, 3.63) is 30.1 Å². The fourth-order valence-electron chi connectivity index (χ4n) is 1.31. The van der Waals surface area contributed by atoms with Gasteiger partial charge in [-0.2, -0.15) is 5.26 Å². The van der Waals surface area contributed by atoms with Gasteiger partial charge in [0.15, 0.2) is 0 Å². The molecule has 14 heavy (non-hydrogen) atoms. The summed E-state index contributed by atoms with van der Waals surface area (Å²) in [5.74, 6) is 0. The molecule has 3 heteroatoms. The van der Waals surface area contributed by atoms with Crippen molar-refractivity contribution in [3.63, 3.8) is 0 Å². The van der Waals surface area contributed by atoms with E-state index in [0.29, 0.717) is 6.42 Å². The lowest BCUT2D eigenvalue weighted by Crippen LogP contribution is -2.18. The standard InChI is InChI=1S/C11H15N3/c1-14(9-3-2-6-12)10-11-4-7-13-8-5-11/h4-5,7-8H,2-3,9-10H2,1H3. The molecule has 0 aliphatic carbocycles. The third-order valence-corrected chi connectivity index (χ3v) is 2.03. The first-order chi connectivity index (χ1) is 6.83. The summed E-state index contributed by atoms with van der Waals surface area (Å²) >= 11 is 0. The summed E-state index contributed by atoms with van der Waals surface area (Å²) < 4.78 is 0. The molecule has 0 aliphatic rings. The zero-order valence-corrected chi connectivity index (χ0v) is 8.48. The molecule has 0 N–H and O–H groups in total. The van der Waals surface area contributed by atoms with Crippen LogP contribution in [0.5, 0.6) is 0 Å². The maximum Gasteiger partial charge on any atom is 0.0622 e. The van der Waals surface area contributed by atoms with Crippen LogP contribution in [0.4, 0.5) is 0 Å². The summed E-state index contributed by atoms with van der Waals surface area (Å²) in [6, 6.07) is 6.18. The first kappa shape index (κ1) is 10.7. The molecule has 0 aliphatic heterocycles. The lowest BCUT2D eigenvalue weighted by Gasteiger charge is -2.15. The molecular weight excluding hydrogens is 174 g/mol. The second kappa shape index (κ2) is 6.11. The summed E-state index contributed by atoms with van der Waals surface area (Å²) in [6.45, 7) is 1.89. The lowest BCUT2D eigenvalue weighted by molar-refractivity contribution is 0.323. The molecule has 0 bridgehead atoms. The Bertz CT molecular complexity index is 289. The topological polar surface area (TPSA) is 39.9 Å². The van der Waals surface area contributed by atoms with Crippen molar-refractivity contribution in [2.24, 2.45) is 0 Å². The monoisotopic (exact) mass is 189 g/mol. The summed E-state index contributed by atoms with van der Waals surface area (Å²) in [6.07, 6.45) is 5.19. The molecule has 0 radical (unpaired) electrons. The molecule has 1 aromatic rings. The highest BCUT2D eigenvalue weighted by Crippen LogP contribution is 2.02. The average molecular weight is 189 g/mol. The summed E-state index contributed by atoms with van der Waals surface area (Å²) in [4.78, 5) is 6.18. The van der Waals surface area contributed by atoms with E-state index in [1.54, 1.807) is 12.4 Å². The van der Waals surface area contributed by atoms with E-state index in [-0.39, 0.29) is 0 Å². The van der Waals surface area contributed by atoms with E-state index in [9.17, 15) is 0 Å². The summed E-state index contributed by atoms with van der Waals surface area (Å²) in [5.41, 5.74) is 1.26. The smallest absolute Gasteiger partial charge is 0.0622 e. The molecule has 0 atom stereocenters. The van der Waals surface area contributed by atoms with Gasteiger partial charge in [0.25, 0.3) is 0 Å². The molecule has 0 fully saturated rings. The van der Waals surface area contributed by atoms with Crippen LogP contribution in [0, 0.1) is 11.3 Å². The highest BCUT2D eigenvalue weighted by molar-refractivity contribution is 5.09. The van der Waals surface area contributed by atoms with Crippen LogP contribution >= 0.6 is 0 Å². The van der Waals surface area contributed by atoms with E-state index in [1.807, 2.05) is 12.1 Å². The minimum atomic E-state index is 0.640. The molecule has 0 saturated heterocycles. The Kier molecular flexibility index (Phi) is 4.66. The number of rotatable bonds is 5. The SMILES string of the molecule is CN(CCCC#N)Cc1ccncc1. The number of nitriles is 1. The minimum absolute atomic E-state index is 0.640. The first-order valence-corrected chi connectivity index (χ1v) is 4.77. The van der Waals surface area contributed by atoms with Crippen LogP contribution in [0.3, 0.4) is 0 Å². The van der Waals surface area contributed by atoms with Crippen LogP contribution in [-0.4, -0.2) is 23.5 Å². The van der Waals surface area contributed by atoms with E-state index in [2.05, 4.69) is 23.0 Å². The predicted molar refractivity (Wildman–Crippen MR) is 55.4 cm³/mol. The van der Waals surface area contributed by atoms with Crippen LogP contribution in [0.2, 0.25) is 0 Å². The number of nitrogens with zero attached hydrogens (tertiary/aromatic N) is 3. The van der Waals surface area contributed by atoms with Crippen molar-refractivity contribution in [3.8, 4) is 6.07 Å². The van der Waals surface area contributed by atoms with Crippen LogP contribution in [-0.2, 0) is 6.54 Å². The Morgan fingerprint density at radius 3 is 2.79 bits per heavy atom. The van der Waals surface area contributed by atoms with Crippen LogP contribution in [0.25, 0.3) is 0 Å². The van der Waals surface area contributed by atoms with Crippen molar-refractivity contribution in [1.29, 1.82) is 5.26 Å². The summed E-state index contributed by atoms with van der Waals surface area (Å²) in [7, 11) is 2.07. The van der Waals surface area contributed by atoms with Gasteiger partial charge in [-0.3, -0.25) is 4.98 Å². The van der Waals surface area contributed by atoms with Gasteiger partial charge >= 0.3 is 0 Å². The molecule has 3 nitrogen and oxygen atoms in total. The number of hydrogen-bond acceptors (Lipinski definition) is 3. The second-order valence-electron chi connectivity index (χ2n) is 3.35. The van der Waals surface area contributed by atoms with Gasteiger partial charge in [-0.25, -0.2) is 0 Å². The molecule has 0 saturated carbocycles. The maximum absolute atomic E-state index is 8.39. The van der Waals surface area contributed by atoms with Gasteiger partial charge in [0.2, 0.25) is 0 Å². The number of pyridine rings is 1. The predicted octanol–water partition coefficient (Wildman–Crippen LogP) is 1.82. The Morgan fingerprint density at radius 2 is 2.14 bits per heavy atom. The van der Waals surface area contributed by atoms with Gasteiger partial charge in [0.05, 0.1) is 6.07 Å². The Labute approximate surface area is 85.0 Å². The number of hydrogen-bond donors (Lipinski definition) is 0. The van der Waals surface area contributed by atoms with Crippen molar-refractivity contribution < 1.29 is 0 Å². The third-order valence-electron chi connectivity index (χ3n) is 2.03. The Balaban J connectivity index is 2.28. The van der Waals surface area contributed by atoms with Gasteiger partial charge in [-0.15, -0.1) is 0 Å². The fourth-order valence-corrected chi connectivity index (χ4v) is 1.31. The first-order valence-electron chi connectivity index (χ1n) is 4.77. The Morgan fingerprint density at radius 1 is 1.43 bits per heavy atom. The molecule has 0 spiro atoms. The van der Waals surface area contributed by atoms with E-state index in [4.69, 9.17) is 5.26 Å². The van der Waals surface area contributed by atoms with Gasteiger partial charge in [-0.05, 0) is 37.7 Å². The molecule has 0 aromatic carbocycles. The second-order valence-corrected chi connectivity index (χ2v) is 3.35. The van der Waals surface area contributed by atoms with Crippen LogP contribution in [0.15, 0.2) is 24.5 Å². The van der Waals surface area contributed by atoms with E-state index in [1.165, 1.54) is 5.56 Å². The number of aromatic nitrogens is 1. The van der Waals surface area contributed by atoms with Crippen molar-refractivity contribution in [2.45, 2.75) is 19.4 Å². The maximum atomic E-state index is 8.39. The minimum Gasteiger partial charge on any atom is -0.302 e. The largest absolute Gasteiger partial charge is 0.302 e. The highest BCUT2D eigenvalue weighted by Gasteiger charge is 1.98. The lowest BCUT2D eigenvalue weighted by atomic mass is 10.2. The zero-order valence-electron chi connectivity index (χ0n) is 8.48. The van der Waals surface area contributed by atoms with Gasteiger partial charge in [-0.1, -0.05) is 0 Å². The van der Waals surface area contributed by atoms with Crippen molar-refractivity contribution in [2.75, 3.05) is 13.6 Å². The average Bonchev–Trinajstić information content (AvgIpc) is 2.20. The van der Waals surface area contributed by atoms with E-state index < -0.39 is 0 Å². The van der Waals surface area contributed by atoms with Gasteiger partial charge in [0.1, 0.15) is 0 Å². The number of unbranched alkanes of at least 4 members (excludes halogenated alkanes) is 1. The molecule has 74 valence electrons. The van der Waals surface area contributed by atoms with Gasteiger partial charge in [0, 0.05) is 25.4 Å². The molecule has 1 aromatic heterocycles. The third kappa shape index (κ3) is 4.01. The molecular formula is C11H15N3. The van der Waals surface area contributed by atoms with E-state index >= 15 is 0 Å². The molecule has 0 amide bonds.